The summed E-state index contributed by atoms with van der Waals surface area (Å²) >= 11 is 0. The van der Waals surface area contributed by atoms with Gasteiger partial charge in [0.2, 0.25) is 0 Å². The van der Waals surface area contributed by atoms with Crippen LogP contribution in [0, 0.1) is 0 Å². The monoisotopic (exact) mass is 193 g/mol. The van der Waals surface area contributed by atoms with E-state index in [-0.39, 0.29) is 0 Å². The van der Waals surface area contributed by atoms with Crippen molar-refractivity contribution < 1.29 is 0 Å². The molecule has 1 nitrogen and oxygen atoms in total. The van der Waals surface area contributed by atoms with Crippen LogP contribution in [0.2, 0.25) is 0 Å². The maximum Gasteiger partial charge on any atom is 0.00701 e. The van der Waals surface area contributed by atoms with Gasteiger partial charge in [0.05, 0.1) is 0 Å². The molecule has 2 rings (SSSR count). The Morgan fingerprint density at radius 2 is 2.21 bits per heavy atom. The van der Waals surface area contributed by atoms with Gasteiger partial charge in [-0.1, -0.05) is 18.1 Å². The summed E-state index contributed by atoms with van der Waals surface area (Å²) in [5, 5.41) is 3.63. The second-order valence-corrected chi connectivity index (χ2v) is 4.79. The highest BCUT2D eigenvalue weighted by Crippen LogP contribution is 2.23. The third kappa shape index (κ3) is 3.13. The van der Waals surface area contributed by atoms with Crippen molar-refractivity contribution in [3.8, 4) is 0 Å². The second-order valence-electron chi connectivity index (χ2n) is 4.79. The van der Waals surface area contributed by atoms with Crippen molar-refractivity contribution in [2.75, 3.05) is 6.54 Å². The van der Waals surface area contributed by atoms with E-state index < -0.39 is 0 Å². The minimum absolute atomic E-state index is 0.826. The molecular weight excluding hydrogens is 170 g/mol. The molecule has 0 aromatic rings. The van der Waals surface area contributed by atoms with E-state index >= 15 is 0 Å². The zero-order valence-electron chi connectivity index (χ0n) is 9.23. The first kappa shape index (κ1) is 10.2. The van der Waals surface area contributed by atoms with Gasteiger partial charge in [-0.05, 0) is 57.9 Å². The van der Waals surface area contributed by atoms with Crippen LogP contribution in [0.15, 0.2) is 11.6 Å². The summed E-state index contributed by atoms with van der Waals surface area (Å²) in [4.78, 5) is 0. The molecule has 0 radical (unpaired) electrons. The molecular formula is C13H23N. The molecule has 1 heterocycles. The average molecular weight is 193 g/mol. The third-order valence-corrected chi connectivity index (χ3v) is 3.61. The number of allylic oxidation sites excluding steroid dienone is 2. The first-order valence-corrected chi connectivity index (χ1v) is 6.36. The summed E-state index contributed by atoms with van der Waals surface area (Å²) < 4.78 is 0. The van der Waals surface area contributed by atoms with Gasteiger partial charge in [-0.25, -0.2) is 0 Å². The van der Waals surface area contributed by atoms with Crippen LogP contribution in [0.5, 0.6) is 0 Å². The lowest BCUT2D eigenvalue weighted by Gasteiger charge is -2.24. The predicted octanol–water partition coefficient (Wildman–Crippen LogP) is 3.41. The Labute approximate surface area is 88.0 Å². The topological polar surface area (TPSA) is 12.0 Å². The molecule has 1 unspecified atom stereocenters. The maximum absolute atomic E-state index is 3.63. The Kier molecular flexibility index (Phi) is 4.05. The van der Waals surface area contributed by atoms with E-state index in [9.17, 15) is 0 Å². The average Bonchev–Trinajstić information content (AvgIpc) is 2.29. The molecule has 1 aliphatic carbocycles. The van der Waals surface area contributed by atoms with Gasteiger partial charge in [0.25, 0.3) is 0 Å². The van der Waals surface area contributed by atoms with Crippen molar-refractivity contribution in [3.63, 3.8) is 0 Å². The molecule has 80 valence electrons. The van der Waals surface area contributed by atoms with Gasteiger partial charge in [-0.3, -0.25) is 0 Å². The van der Waals surface area contributed by atoms with Crippen LogP contribution in [-0.4, -0.2) is 12.6 Å². The number of hydrogen-bond acceptors (Lipinski definition) is 1. The van der Waals surface area contributed by atoms with Crippen molar-refractivity contribution in [1.29, 1.82) is 0 Å². The van der Waals surface area contributed by atoms with E-state index in [4.69, 9.17) is 0 Å². The number of hydrogen-bond donors (Lipinski definition) is 1. The minimum Gasteiger partial charge on any atom is -0.314 e. The first-order valence-electron chi connectivity index (χ1n) is 6.36. The van der Waals surface area contributed by atoms with E-state index in [1.54, 1.807) is 5.57 Å². The summed E-state index contributed by atoms with van der Waals surface area (Å²) in [5.74, 6) is 0. The highest BCUT2D eigenvalue weighted by Gasteiger charge is 2.13. The lowest BCUT2D eigenvalue weighted by atomic mass is 9.92. The van der Waals surface area contributed by atoms with Crippen molar-refractivity contribution in [2.24, 2.45) is 0 Å². The summed E-state index contributed by atoms with van der Waals surface area (Å²) in [5.41, 5.74) is 1.74. The highest BCUT2D eigenvalue weighted by atomic mass is 14.9. The third-order valence-electron chi connectivity index (χ3n) is 3.61. The maximum atomic E-state index is 3.63. The van der Waals surface area contributed by atoms with E-state index in [0.29, 0.717) is 0 Å². The van der Waals surface area contributed by atoms with Crippen LogP contribution in [0.1, 0.15) is 57.8 Å². The van der Waals surface area contributed by atoms with Crippen molar-refractivity contribution in [1.82, 2.24) is 5.32 Å². The van der Waals surface area contributed by atoms with Crippen LogP contribution in [0.25, 0.3) is 0 Å². The van der Waals surface area contributed by atoms with Gasteiger partial charge >= 0.3 is 0 Å². The second kappa shape index (κ2) is 5.55. The molecule has 1 aliphatic heterocycles. The van der Waals surface area contributed by atoms with Gasteiger partial charge in [0.15, 0.2) is 0 Å². The number of nitrogens with one attached hydrogen (secondary N) is 1. The Balaban J connectivity index is 1.67. The van der Waals surface area contributed by atoms with Gasteiger partial charge in [-0.2, -0.15) is 0 Å². The highest BCUT2D eigenvalue weighted by molar-refractivity contribution is 5.05. The summed E-state index contributed by atoms with van der Waals surface area (Å²) in [7, 11) is 0. The Morgan fingerprint density at radius 1 is 1.21 bits per heavy atom. The SMILES string of the molecule is C1=C(CCC2CCCCN2)CCCC1. The standard InChI is InChI=1S/C13H23N/c1-2-6-12(7-3-1)9-10-13-8-4-5-11-14-13/h6,13-14H,1-5,7-11H2. The summed E-state index contributed by atoms with van der Waals surface area (Å²) in [6.07, 6.45) is 15.0. The van der Waals surface area contributed by atoms with Gasteiger partial charge in [0, 0.05) is 6.04 Å². The summed E-state index contributed by atoms with van der Waals surface area (Å²) in [6, 6.07) is 0.826. The number of piperidine rings is 1. The molecule has 0 spiro atoms. The lowest BCUT2D eigenvalue weighted by molar-refractivity contribution is 0.380. The fourth-order valence-electron chi connectivity index (χ4n) is 2.66. The molecule has 2 aliphatic rings. The molecule has 0 amide bonds. The lowest BCUT2D eigenvalue weighted by Crippen LogP contribution is -2.33. The Hall–Kier alpha value is -0.300. The molecule has 1 heteroatoms. The van der Waals surface area contributed by atoms with Crippen molar-refractivity contribution in [2.45, 2.75) is 63.8 Å². The van der Waals surface area contributed by atoms with Gasteiger partial charge in [-0.15, -0.1) is 0 Å². The van der Waals surface area contributed by atoms with Crippen LogP contribution < -0.4 is 5.32 Å². The van der Waals surface area contributed by atoms with Crippen molar-refractivity contribution >= 4 is 0 Å². The van der Waals surface area contributed by atoms with Crippen LogP contribution in [0.3, 0.4) is 0 Å². The number of rotatable bonds is 3. The molecule has 14 heavy (non-hydrogen) atoms. The zero-order chi connectivity index (χ0) is 9.64. The molecule has 1 fully saturated rings. The zero-order valence-corrected chi connectivity index (χ0v) is 9.23. The largest absolute Gasteiger partial charge is 0.314 e. The van der Waals surface area contributed by atoms with Crippen molar-refractivity contribution in [3.05, 3.63) is 11.6 Å². The van der Waals surface area contributed by atoms with E-state index in [0.717, 1.165) is 6.04 Å². The molecule has 0 aromatic carbocycles. The molecule has 0 bridgehead atoms. The molecule has 1 atom stereocenters. The fourth-order valence-corrected chi connectivity index (χ4v) is 2.66. The summed E-state index contributed by atoms with van der Waals surface area (Å²) in [6.45, 7) is 1.25. The van der Waals surface area contributed by atoms with E-state index in [1.807, 2.05) is 0 Å². The fraction of sp³-hybridized carbons (Fsp3) is 0.846. The van der Waals surface area contributed by atoms with Crippen LogP contribution in [0.4, 0.5) is 0 Å². The quantitative estimate of drug-likeness (QED) is 0.677. The normalized spacial score (nSPS) is 28.6. The Morgan fingerprint density at radius 3 is 2.93 bits per heavy atom. The van der Waals surface area contributed by atoms with Gasteiger partial charge in [0.1, 0.15) is 0 Å². The Bertz CT molecular complexity index is 189. The van der Waals surface area contributed by atoms with E-state index in [1.165, 1.54) is 64.3 Å². The smallest absolute Gasteiger partial charge is 0.00701 e. The van der Waals surface area contributed by atoms with Crippen LogP contribution >= 0.6 is 0 Å². The van der Waals surface area contributed by atoms with Crippen LogP contribution in [-0.2, 0) is 0 Å². The first-order chi connectivity index (χ1) is 6.95. The molecule has 1 saturated heterocycles. The van der Waals surface area contributed by atoms with E-state index in [2.05, 4.69) is 11.4 Å². The van der Waals surface area contributed by atoms with Gasteiger partial charge < -0.3 is 5.32 Å². The molecule has 0 aromatic heterocycles. The minimum atomic E-state index is 0.826. The molecule has 1 N–H and O–H groups in total. The molecule has 0 saturated carbocycles. The predicted molar refractivity (Wildman–Crippen MR) is 61.4 cm³/mol.